The molecule has 0 radical (unpaired) electrons. The van der Waals surface area contributed by atoms with Gasteiger partial charge in [0, 0.05) is 0 Å². The molecular weight excluding hydrogens is 368 g/mol. The quantitative estimate of drug-likeness (QED) is 0.319. The van der Waals surface area contributed by atoms with Gasteiger partial charge in [0.05, 0.1) is 13.2 Å². The van der Waals surface area contributed by atoms with Gasteiger partial charge in [0.25, 0.3) is 0 Å². The molecule has 0 saturated heterocycles. The van der Waals surface area contributed by atoms with Crippen molar-refractivity contribution in [1.29, 1.82) is 0 Å². The zero-order chi connectivity index (χ0) is 21.0. The number of hydrogen-bond acceptors (Lipinski definition) is 2. The standard InChI is InChI=1S/C28H46O2/c1-3-4-5-7-24-13-15-26(16-14-24)22-30-28-19-17-27(18-20-28)29-21-6-8-25-11-9-23(2)10-12-25/h17-20,23-26H,3-16,21-22H2,1-2H3. The Hall–Kier alpha value is -1.18. The molecule has 3 rings (SSSR count). The van der Waals surface area contributed by atoms with E-state index >= 15 is 0 Å². The van der Waals surface area contributed by atoms with Gasteiger partial charge in [-0.3, -0.25) is 0 Å². The van der Waals surface area contributed by atoms with Crippen LogP contribution in [0, 0.1) is 23.7 Å². The Morgan fingerprint density at radius 3 is 1.83 bits per heavy atom. The summed E-state index contributed by atoms with van der Waals surface area (Å²) in [4.78, 5) is 0. The maximum absolute atomic E-state index is 6.09. The van der Waals surface area contributed by atoms with Gasteiger partial charge in [-0.2, -0.15) is 0 Å². The van der Waals surface area contributed by atoms with Crippen LogP contribution in [0.25, 0.3) is 0 Å². The lowest BCUT2D eigenvalue weighted by molar-refractivity contribution is 0.177. The molecule has 170 valence electrons. The Labute approximate surface area is 186 Å². The highest BCUT2D eigenvalue weighted by Crippen LogP contribution is 2.33. The molecule has 2 fully saturated rings. The minimum atomic E-state index is 0.742. The molecule has 2 heteroatoms. The van der Waals surface area contributed by atoms with Crippen LogP contribution >= 0.6 is 0 Å². The molecule has 1 aromatic carbocycles. The van der Waals surface area contributed by atoms with Crippen LogP contribution in [0.4, 0.5) is 0 Å². The Morgan fingerprint density at radius 2 is 1.20 bits per heavy atom. The molecule has 0 spiro atoms. The molecule has 0 aromatic heterocycles. The number of benzene rings is 1. The van der Waals surface area contributed by atoms with Crippen molar-refractivity contribution in [2.75, 3.05) is 13.2 Å². The number of unbranched alkanes of at least 4 members (excludes halogenated alkanes) is 2. The van der Waals surface area contributed by atoms with E-state index in [9.17, 15) is 0 Å². The summed E-state index contributed by atoms with van der Waals surface area (Å²) in [6.45, 7) is 6.41. The van der Waals surface area contributed by atoms with Gasteiger partial charge in [-0.25, -0.2) is 0 Å². The summed E-state index contributed by atoms with van der Waals surface area (Å²) in [6.07, 6.45) is 19.3. The Kier molecular flexibility index (Phi) is 10.4. The highest BCUT2D eigenvalue weighted by atomic mass is 16.5. The number of ether oxygens (including phenoxy) is 2. The minimum absolute atomic E-state index is 0.742. The van der Waals surface area contributed by atoms with Crippen molar-refractivity contribution in [2.24, 2.45) is 23.7 Å². The zero-order valence-electron chi connectivity index (χ0n) is 19.7. The van der Waals surface area contributed by atoms with E-state index < -0.39 is 0 Å². The first kappa shape index (κ1) is 23.5. The van der Waals surface area contributed by atoms with E-state index in [2.05, 4.69) is 38.1 Å². The summed E-state index contributed by atoms with van der Waals surface area (Å²) in [6, 6.07) is 8.30. The van der Waals surface area contributed by atoms with Gasteiger partial charge in [0.1, 0.15) is 11.5 Å². The van der Waals surface area contributed by atoms with Gasteiger partial charge < -0.3 is 9.47 Å². The molecule has 2 saturated carbocycles. The maximum atomic E-state index is 6.09. The SMILES string of the molecule is CCCCCC1CCC(COc2ccc(OCCCC3CCC(C)CC3)cc2)CC1. The summed E-state index contributed by atoms with van der Waals surface area (Å²) < 4.78 is 12.1. The lowest BCUT2D eigenvalue weighted by atomic mass is 9.80. The molecule has 0 bridgehead atoms. The van der Waals surface area contributed by atoms with Gasteiger partial charge in [-0.05, 0) is 73.6 Å². The van der Waals surface area contributed by atoms with E-state index in [1.807, 2.05) is 0 Å². The van der Waals surface area contributed by atoms with Crippen LogP contribution in [-0.2, 0) is 0 Å². The van der Waals surface area contributed by atoms with Crippen molar-refractivity contribution in [3.05, 3.63) is 24.3 Å². The lowest BCUT2D eigenvalue weighted by Gasteiger charge is -2.28. The molecule has 2 aliphatic rings. The first-order valence-electron chi connectivity index (χ1n) is 13.1. The van der Waals surface area contributed by atoms with Gasteiger partial charge >= 0.3 is 0 Å². The molecule has 0 unspecified atom stereocenters. The van der Waals surface area contributed by atoms with Crippen LogP contribution in [0.2, 0.25) is 0 Å². The molecule has 0 aliphatic heterocycles. The van der Waals surface area contributed by atoms with Gasteiger partial charge in [0.15, 0.2) is 0 Å². The van der Waals surface area contributed by atoms with Crippen molar-refractivity contribution >= 4 is 0 Å². The van der Waals surface area contributed by atoms with E-state index in [0.717, 1.165) is 48.4 Å². The first-order chi connectivity index (χ1) is 14.7. The second kappa shape index (κ2) is 13.3. The third-order valence-electron chi connectivity index (χ3n) is 7.65. The molecule has 0 heterocycles. The van der Waals surface area contributed by atoms with E-state index in [1.165, 1.54) is 89.9 Å². The van der Waals surface area contributed by atoms with Crippen molar-refractivity contribution in [1.82, 2.24) is 0 Å². The van der Waals surface area contributed by atoms with Crippen LogP contribution in [0.5, 0.6) is 11.5 Å². The second-order valence-electron chi connectivity index (χ2n) is 10.3. The third kappa shape index (κ3) is 8.52. The molecule has 2 aliphatic carbocycles. The monoisotopic (exact) mass is 414 g/mol. The Balaban J connectivity index is 1.25. The van der Waals surface area contributed by atoms with Crippen LogP contribution in [0.3, 0.4) is 0 Å². The fraction of sp³-hybridized carbons (Fsp3) is 0.786. The average molecular weight is 415 g/mol. The van der Waals surface area contributed by atoms with E-state index in [1.54, 1.807) is 0 Å². The smallest absolute Gasteiger partial charge is 0.119 e. The van der Waals surface area contributed by atoms with Crippen LogP contribution in [0.1, 0.15) is 104 Å². The topological polar surface area (TPSA) is 18.5 Å². The van der Waals surface area contributed by atoms with Crippen molar-refractivity contribution < 1.29 is 9.47 Å². The maximum Gasteiger partial charge on any atom is 0.119 e. The van der Waals surface area contributed by atoms with E-state index in [4.69, 9.17) is 9.47 Å². The van der Waals surface area contributed by atoms with Crippen molar-refractivity contribution in [3.8, 4) is 11.5 Å². The molecule has 30 heavy (non-hydrogen) atoms. The molecule has 0 N–H and O–H groups in total. The van der Waals surface area contributed by atoms with Crippen LogP contribution < -0.4 is 9.47 Å². The predicted molar refractivity (Wildman–Crippen MR) is 127 cm³/mol. The second-order valence-corrected chi connectivity index (χ2v) is 10.3. The highest BCUT2D eigenvalue weighted by Gasteiger charge is 2.21. The van der Waals surface area contributed by atoms with Crippen LogP contribution in [0.15, 0.2) is 24.3 Å². The molecule has 2 nitrogen and oxygen atoms in total. The fourth-order valence-corrected chi connectivity index (χ4v) is 5.40. The molecule has 0 amide bonds. The summed E-state index contributed by atoms with van der Waals surface area (Å²) in [7, 11) is 0. The molecule has 1 aromatic rings. The summed E-state index contributed by atoms with van der Waals surface area (Å²) in [5.74, 6) is 5.57. The normalized spacial score (nSPS) is 27.0. The first-order valence-corrected chi connectivity index (χ1v) is 13.1. The fourth-order valence-electron chi connectivity index (χ4n) is 5.40. The van der Waals surface area contributed by atoms with Gasteiger partial charge in [-0.1, -0.05) is 78.1 Å². The van der Waals surface area contributed by atoms with Gasteiger partial charge in [0.2, 0.25) is 0 Å². The zero-order valence-corrected chi connectivity index (χ0v) is 19.7. The van der Waals surface area contributed by atoms with Crippen LogP contribution in [-0.4, -0.2) is 13.2 Å². The Bertz CT molecular complexity index is 551. The minimum Gasteiger partial charge on any atom is -0.494 e. The van der Waals surface area contributed by atoms with Crippen molar-refractivity contribution in [3.63, 3.8) is 0 Å². The largest absolute Gasteiger partial charge is 0.494 e. The molecule has 0 atom stereocenters. The van der Waals surface area contributed by atoms with Gasteiger partial charge in [-0.15, -0.1) is 0 Å². The van der Waals surface area contributed by atoms with Crippen molar-refractivity contribution in [2.45, 2.75) is 104 Å². The van der Waals surface area contributed by atoms with E-state index in [0.29, 0.717) is 0 Å². The summed E-state index contributed by atoms with van der Waals surface area (Å²) >= 11 is 0. The summed E-state index contributed by atoms with van der Waals surface area (Å²) in [5.41, 5.74) is 0. The van der Waals surface area contributed by atoms with E-state index in [-0.39, 0.29) is 0 Å². The number of rotatable bonds is 12. The number of hydrogen-bond donors (Lipinski definition) is 0. The third-order valence-corrected chi connectivity index (χ3v) is 7.65. The highest BCUT2D eigenvalue weighted by molar-refractivity contribution is 5.31. The lowest BCUT2D eigenvalue weighted by Crippen LogP contribution is -2.20. The Morgan fingerprint density at radius 1 is 0.667 bits per heavy atom. The summed E-state index contributed by atoms with van der Waals surface area (Å²) in [5, 5.41) is 0. The predicted octanol–water partition coefficient (Wildman–Crippen LogP) is 8.44. The molecular formula is C28H46O2. The average Bonchev–Trinajstić information content (AvgIpc) is 2.78.